The maximum Gasteiger partial charge on any atom is 0.262 e. The molecule has 7 nitrogen and oxygen atoms in total. The molecule has 1 saturated heterocycles. The number of nitrogens with one attached hydrogen (secondary N) is 2. The minimum absolute atomic E-state index is 0.0391. The van der Waals surface area contributed by atoms with E-state index in [-0.39, 0.29) is 12.5 Å². The molecule has 1 aliphatic heterocycles. The zero-order valence-corrected chi connectivity index (χ0v) is 17.9. The van der Waals surface area contributed by atoms with Gasteiger partial charge in [-0.1, -0.05) is 17.7 Å². The lowest BCUT2D eigenvalue weighted by atomic mass is 10.2. The molecule has 2 N–H and O–H groups in total. The number of rotatable bonds is 7. The first kappa shape index (κ1) is 20.7. The molecule has 160 valence electrons. The number of anilines is 4. The standard InChI is InChI=1S/C24H27N5O2/c1-17-5-11-21(12-6-17)31-16-23(30)27-20-9-7-19(8-10-20)26-22-15-18(2)25-24(28-22)29-13-3-4-14-29/h5-12,15H,3-4,13-14,16H2,1-2H3,(H,27,30)(H,25,26,28). The highest BCUT2D eigenvalue weighted by molar-refractivity contribution is 5.92. The van der Waals surface area contributed by atoms with Crippen molar-refractivity contribution < 1.29 is 9.53 Å². The molecule has 1 fully saturated rings. The summed E-state index contributed by atoms with van der Waals surface area (Å²) < 4.78 is 5.52. The van der Waals surface area contributed by atoms with Gasteiger partial charge in [-0.25, -0.2) is 4.98 Å². The minimum Gasteiger partial charge on any atom is -0.484 e. The lowest BCUT2D eigenvalue weighted by Crippen LogP contribution is -2.21. The molecule has 2 heterocycles. The fraction of sp³-hybridized carbons (Fsp3) is 0.292. The highest BCUT2D eigenvalue weighted by atomic mass is 16.5. The van der Waals surface area contributed by atoms with E-state index in [1.54, 1.807) is 0 Å². The summed E-state index contributed by atoms with van der Waals surface area (Å²) in [6.07, 6.45) is 2.37. The van der Waals surface area contributed by atoms with Crippen LogP contribution in [-0.4, -0.2) is 35.6 Å². The van der Waals surface area contributed by atoms with Crippen LogP contribution in [0.3, 0.4) is 0 Å². The predicted octanol–water partition coefficient (Wildman–Crippen LogP) is 4.45. The van der Waals surface area contributed by atoms with Gasteiger partial charge in [0.1, 0.15) is 11.6 Å². The molecule has 1 aromatic heterocycles. The molecule has 1 amide bonds. The third-order valence-corrected chi connectivity index (χ3v) is 5.06. The van der Waals surface area contributed by atoms with Crippen LogP contribution in [0.2, 0.25) is 0 Å². The molecule has 0 saturated carbocycles. The number of carbonyl (C=O) groups excluding carboxylic acids is 1. The van der Waals surface area contributed by atoms with Gasteiger partial charge in [0, 0.05) is 36.2 Å². The van der Waals surface area contributed by atoms with E-state index < -0.39 is 0 Å². The van der Waals surface area contributed by atoms with E-state index in [4.69, 9.17) is 4.74 Å². The first-order chi connectivity index (χ1) is 15.0. The summed E-state index contributed by atoms with van der Waals surface area (Å²) in [5.41, 5.74) is 3.67. The van der Waals surface area contributed by atoms with E-state index in [2.05, 4.69) is 25.5 Å². The van der Waals surface area contributed by atoms with Gasteiger partial charge in [-0.05, 0) is 63.1 Å². The van der Waals surface area contributed by atoms with Crippen LogP contribution in [0.1, 0.15) is 24.1 Å². The average molecular weight is 418 g/mol. The predicted molar refractivity (Wildman–Crippen MR) is 123 cm³/mol. The van der Waals surface area contributed by atoms with Crippen LogP contribution in [0.5, 0.6) is 5.75 Å². The Morgan fingerprint density at radius 1 is 0.968 bits per heavy atom. The Balaban J connectivity index is 1.33. The number of carbonyl (C=O) groups is 1. The number of nitrogens with zero attached hydrogens (tertiary/aromatic N) is 3. The van der Waals surface area contributed by atoms with Gasteiger partial charge in [-0.3, -0.25) is 4.79 Å². The third-order valence-electron chi connectivity index (χ3n) is 5.06. The molecule has 7 heteroatoms. The number of aromatic nitrogens is 2. The normalized spacial score (nSPS) is 13.2. The first-order valence-electron chi connectivity index (χ1n) is 10.5. The molecule has 0 radical (unpaired) electrons. The average Bonchev–Trinajstić information content (AvgIpc) is 3.29. The van der Waals surface area contributed by atoms with Crippen molar-refractivity contribution in [3.8, 4) is 5.75 Å². The minimum atomic E-state index is -0.206. The van der Waals surface area contributed by atoms with Gasteiger partial charge in [0.15, 0.2) is 6.61 Å². The van der Waals surface area contributed by atoms with Crippen molar-refractivity contribution in [3.05, 3.63) is 65.9 Å². The van der Waals surface area contributed by atoms with Gasteiger partial charge in [0.05, 0.1) is 0 Å². The number of hydrogen-bond acceptors (Lipinski definition) is 6. The topological polar surface area (TPSA) is 79.4 Å². The molecule has 0 bridgehead atoms. The van der Waals surface area contributed by atoms with Crippen LogP contribution in [0.15, 0.2) is 54.6 Å². The molecule has 0 aliphatic carbocycles. The van der Waals surface area contributed by atoms with Crippen molar-refractivity contribution in [2.75, 3.05) is 35.2 Å². The third kappa shape index (κ3) is 5.72. The summed E-state index contributed by atoms with van der Waals surface area (Å²) in [4.78, 5) is 23.6. The highest BCUT2D eigenvalue weighted by Gasteiger charge is 2.16. The smallest absolute Gasteiger partial charge is 0.262 e. The second-order valence-corrected chi connectivity index (χ2v) is 7.74. The summed E-state index contributed by atoms with van der Waals surface area (Å²) in [6.45, 7) is 5.95. The van der Waals surface area contributed by atoms with E-state index in [1.807, 2.05) is 68.4 Å². The highest BCUT2D eigenvalue weighted by Crippen LogP contribution is 2.22. The number of benzene rings is 2. The van der Waals surface area contributed by atoms with Gasteiger partial charge >= 0.3 is 0 Å². The molecule has 3 aromatic rings. The van der Waals surface area contributed by atoms with Gasteiger partial charge in [-0.15, -0.1) is 0 Å². The van der Waals surface area contributed by atoms with Crippen molar-refractivity contribution in [2.24, 2.45) is 0 Å². The molecule has 0 spiro atoms. The van der Waals surface area contributed by atoms with Crippen LogP contribution in [0.25, 0.3) is 0 Å². The zero-order valence-electron chi connectivity index (χ0n) is 17.9. The van der Waals surface area contributed by atoms with Crippen LogP contribution in [-0.2, 0) is 4.79 Å². The lowest BCUT2D eigenvalue weighted by Gasteiger charge is -2.17. The Morgan fingerprint density at radius 2 is 1.65 bits per heavy atom. The second kappa shape index (κ2) is 9.47. The molecule has 0 atom stereocenters. The van der Waals surface area contributed by atoms with Crippen molar-refractivity contribution in [3.63, 3.8) is 0 Å². The van der Waals surface area contributed by atoms with Gasteiger partial charge in [0.2, 0.25) is 5.95 Å². The number of amides is 1. The maximum absolute atomic E-state index is 12.2. The summed E-state index contributed by atoms with van der Waals surface area (Å²) >= 11 is 0. The van der Waals surface area contributed by atoms with Crippen molar-refractivity contribution >= 4 is 29.0 Å². The Hall–Kier alpha value is -3.61. The molecule has 31 heavy (non-hydrogen) atoms. The Labute approximate surface area is 182 Å². The van der Waals surface area contributed by atoms with Crippen LogP contribution in [0.4, 0.5) is 23.1 Å². The number of aryl methyl sites for hydroxylation is 2. The summed E-state index contributed by atoms with van der Waals surface area (Å²) in [5, 5.41) is 6.17. The molecule has 4 rings (SSSR count). The van der Waals surface area contributed by atoms with Crippen LogP contribution in [0, 0.1) is 13.8 Å². The van der Waals surface area contributed by atoms with E-state index >= 15 is 0 Å². The zero-order chi connectivity index (χ0) is 21.6. The maximum atomic E-state index is 12.2. The second-order valence-electron chi connectivity index (χ2n) is 7.74. The van der Waals surface area contributed by atoms with Crippen molar-refractivity contribution in [2.45, 2.75) is 26.7 Å². The molecule has 1 aliphatic rings. The fourth-order valence-corrected chi connectivity index (χ4v) is 3.44. The SMILES string of the molecule is Cc1ccc(OCC(=O)Nc2ccc(Nc3cc(C)nc(N4CCCC4)n3)cc2)cc1. The Morgan fingerprint density at radius 3 is 2.35 bits per heavy atom. The largest absolute Gasteiger partial charge is 0.484 e. The first-order valence-corrected chi connectivity index (χ1v) is 10.5. The molecule has 2 aromatic carbocycles. The Kier molecular flexibility index (Phi) is 6.31. The summed E-state index contributed by atoms with van der Waals surface area (Å²) in [6, 6.07) is 17.0. The van der Waals surface area contributed by atoms with E-state index in [0.29, 0.717) is 11.4 Å². The van der Waals surface area contributed by atoms with Gasteiger partial charge < -0.3 is 20.3 Å². The lowest BCUT2D eigenvalue weighted by molar-refractivity contribution is -0.118. The number of hydrogen-bond donors (Lipinski definition) is 2. The van der Waals surface area contributed by atoms with Gasteiger partial charge in [0.25, 0.3) is 5.91 Å². The molecular weight excluding hydrogens is 390 g/mol. The quantitative estimate of drug-likeness (QED) is 0.591. The fourth-order valence-electron chi connectivity index (χ4n) is 3.44. The van der Waals surface area contributed by atoms with Crippen molar-refractivity contribution in [1.82, 2.24) is 9.97 Å². The number of ether oxygens (including phenoxy) is 1. The van der Waals surface area contributed by atoms with E-state index in [9.17, 15) is 4.79 Å². The monoisotopic (exact) mass is 417 g/mol. The van der Waals surface area contributed by atoms with Crippen molar-refractivity contribution in [1.29, 1.82) is 0 Å². The summed E-state index contributed by atoms with van der Waals surface area (Å²) in [7, 11) is 0. The van der Waals surface area contributed by atoms with E-state index in [1.165, 1.54) is 12.8 Å². The summed E-state index contributed by atoms with van der Waals surface area (Å²) in [5.74, 6) is 2.01. The van der Waals surface area contributed by atoms with Crippen LogP contribution < -0.4 is 20.3 Å². The van der Waals surface area contributed by atoms with Crippen LogP contribution >= 0.6 is 0 Å². The van der Waals surface area contributed by atoms with E-state index in [0.717, 1.165) is 41.8 Å². The Bertz CT molecular complexity index is 1030. The molecular formula is C24H27N5O2. The molecule has 0 unspecified atom stereocenters. The van der Waals surface area contributed by atoms with Gasteiger partial charge in [-0.2, -0.15) is 4.98 Å².